The molecule has 10 nitrogen and oxygen atoms in total. The lowest BCUT2D eigenvalue weighted by Gasteiger charge is -2.07. The summed E-state index contributed by atoms with van der Waals surface area (Å²) in [7, 11) is -6.10. The van der Waals surface area contributed by atoms with Crippen LogP contribution in [0.5, 0.6) is 0 Å². The van der Waals surface area contributed by atoms with Crippen LogP contribution >= 0.6 is 15.9 Å². The summed E-state index contributed by atoms with van der Waals surface area (Å²) in [6.45, 7) is 7.24. The Balaban J connectivity index is 0.000000386. The van der Waals surface area contributed by atoms with Gasteiger partial charge >= 0.3 is 5.89 Å². The molecule has 13 heteroatoms. The number of aromatic nitrogens is 1. The number of nitrogens with zero attached hydrogens (tertiary/aromatic N) is 1. The van der Waals surface area contributed by atoms with Crippen LogP contribution in [0.25, 0.3) is 16.8 Å². The first-order valence-electron chi connectivity index (χ1n) is 13.6. The summed E-state index contributed by atoms with van der Waals surface area (Å²) in [4.78, 5) is -0.222. The van der Waals surface area contributed by atoms with Gasteiger partial charge in [0, 0.05) is 23.3 Å². The van der Waals surface area contributed by atoms with Crippen molar-refractivity contribution in [1.29, 1.82) is 0 Å². The zero-order valence-electron chi connectivity index (χ0n) is 24.1. The topological polar surface area (TPSA) is 142 Å². The highest BCUT2D eigenvalue weighted by Gasteiger charge is 2.26. The molecule has 232 valence electrons. The summed E-state index contributed by atoms with van der Waals surface area (Å²) in [6, 6.07) is 20.9. The second-order valence-corrected chi connectivity index (χ2v) is 13.6. The fourth-order valence-corrected chi connectivity index (χ4v) is 6.73. The predicted octanol–water partition coefficient (Wildman–Crippen LogP) is 6.12. The van der Waals surface area contributed by atoms with Gasteiger partial charge in [-0.3, -0.25) is 4.72 Å². The quantitative estimate of drug-likeness (QED) is 0.0914. The van der Waals surface area contributed by atoms with Gasteiger partial charge < -0.3 is 19.0 Å². The average Bonchev–Trinajstić information content (AvgIpc) is 3.32. The van der Waals surface area contributed by atoms with Crippen LogP contribution in [0.1, 0.15) is 38.5 Å². The van der Waals surface area contributed by atoms with E-state index < -0.39 is 20.1 Å². The molecule has 0 saturated carbocycles. The van der Waals surface area contributed by atoms with Crippen molar-refractivity contribution in [3.8, 4) is 0 Å². The maximum absolute atomic E-state index is 12.5. The van der Waals surface area contributed by atoms with Crippen molar-refractivity contribution in [3.05, 3.63) is 89.7 Å². The normalized spacial score (nSPS) is 11.5. The summed E-state index contributed by atoms with van der Waals surface area (Å²) in [5, 5.41) is 3.26. The Bertz CT molecular complexity index is 1730. The fraction of sp³-hybridized carbons (Fsp3) is 0.300. The number of nitrogens with one attached hydrogen (secondary N) is 2. The van der Waals surface area contributed by atoms with E-state index in [-0.39, 0.29) is 10.6 Å². The molecule has 0 fully saturated rings. The number of benzene rings is 3. The number of unbranched alkanes of at least 4 members (excludes halogenated alkanes) is 3. The predicted molar refractivity (Wildman–Crippen MR) is 171 cm³/mol. The molecule has 0 aliphatic heterocycles. The number of oxazole rings is 1. The summed E-state index contributed by atoms with van der Waals surface area (Å²) in [5.74, 6) is 0.670. The molecule has 2 N–H and O–H groups in total. The van der Waals surface area contributed by atoms with Crippen molar-refractivity contribution >= 4 is 64.2 Å². The van der Waals surface area contributed by atoms with Crippen LogP contribution in [-0.2, 0) is 31.4 Å². The standard InChI is InChI=1S/C24H32N3O4S.C6H5BrO3S/c1-4-5-6-10-17-32(28,29)26-21-13-14-23-22(18-21)27(15-16-30-3)24(31-23)19(2)25-20-11-8-7-9-12-20;7-5-3-1-2-4-6(5)11(8,9)10/h7-9,11-14,18,25-26H,2,4-6,10,15-17H2,1,3H3;1-4H,(H,8,9,10)/q+1;/p-1. The number of anilines is 2. The molecule has 4 aromatic rings. The Hall–Kier alpha value is -3.23. The molecule has 0 aliphatic carbocycles. The molecule has 0 amide bonds. The highest BCUT2D eigenvalue weighted by atomic mass is 79.9. The monoisotopic (exact) mass is 693 g/mol. The molecule has 0 radical (unpaired) electrons. The van der Waals surface area contributed by atoms with Gasteiger partial charge in [-0.2, -0.15) is 4.57 Å². The Morgan fingerprint density at radius 1 is 0.977 bits per heavy atom. The van der Waals surface area contributed by atoms with Crippen molar-refractivity contribution in [2.24, 2.45) is 0 Å². The van der Waals surface area contributed by atoms with Crippen molar-refractivity contribution < 1.29 is 35.1 Å². The average molecular weight is 695 g/mol. The van der Waals surface area contributed by atoms with Gasteiger partial charge in [0.15, 0.2) is 6.54 Å². The summed E-state index contributed by atoms with van der Waals surface area (Å²) >= 11 is 2.95. The number of methoxy groups -OCH3 is 1. The molecule has 1 aromatic heterocycles. The number of rotatable bonds is 14. The van der Waals surface area contributed by atoms with Gasteiger partial charge in [0.2, 0.25) is 15.6 Å². The molecule has 0 aliphatic rings. The van der Waals surface area contributed by atoms with E-state index in [0.717, 1.165) is 30.5 Å². The van der Waals surface area contributed by atoms with Crippen molar-refractivity contribution in [2.45, 2.75) is 44.0 Å². The third-order valence-corrected chi connectivity index (χ3v) is 9.42. The van der Waals surface area contributed by atoms with Gasteiger partial charge in [-0.1, -0.05) is 63.1 Å². The summed E-state index contributed by atoms with van der Waals surface area (Å²) in [6.07, 6.45) is 3.67. The number of sulfonamides is 1. The van der Waals surface area contributed by atoms with Crippen LogP contribution in [0.3, 0.4) is 0 Å². The summed E-state index contributed by atoms with van der Waals surface area (Å²) < 4.78 is 72.7. The van der Waals surface area contributed by atoms with Gasteiger partial charge in [-0.15, -0.1) is 0 Å². The van der Waals surface area contributed by atoms with E-state index in [1.54, 1.807) is 31.4 Å². The van der Waals surface area contributed by atoms with E-state index in [1.807, 2.05) is 34.9 Å². The van der Waals surface area contributed by atoms with E-state index in [4.69, 9.17) is 9.15 Å². The van der Waals surface area contributed by atoms with E-state index in [1.165, 1.54) is 18.2 Å². The van der Waals surface area contributed by atoms with Crippen LogP contribution in [0.4, 0.5) is 11.4 Å². The molecule has 0 spiro atoms. The van der Waals surface area contributed by atoms with Gasteiger partial charge in [-0.05, 0) is 58.7 Å². The van der Waals surface area contributed by atoms with Crippen LogP contribution < -0.4 is 14.6 Å². The second-order valence-electron chi connectivity index (χ2n) is 9.57. The zero-order valence-corrected chi connectivity index (χ0v) is 27.3. The SMILES string of the molecule is C=C(Nc1ccccc1)c1oc2ccc(NS(=O)(=O)CCCCCC)cc2[n+]1CCOC.O=S(=O)([O-])c1ccccc1Br. The van der Waals surface area contributed by atoms with Crippen molar-refractivity contribution in [3.63, 3.8) is 0 Å². The smallest absolute Gasteiger partial charge is 0.397 e. The highest BCUT2D eigenvalue weighted by molar-refractivity contribution is 9.10. The largest absolute Gasteiger partial charge is 0.744 e. The van der Waals surface area contributed by atoms with E-state index in [0.29, 0.717) is 46.9 Å². The van der Waals surface area contributed by atoms with Gasteiger partial charge in [-0.25, -0.2) is 16.8 Å². The zero-order chi connectivity index (χ0) is 31.5. The Labute approximate surface area is 261 Å². The maximum Gasteiger partial charge on any atom is 0.397 e. The molecule has 43 heavy (non-hydrogen) atoms. The molecule has 1 heterocycles. The minimum absolute atomic E-state index is 0.114. The van der Waals surface area contributed by atoms with Crippen LogP contribution in [0.2, 0.25) is 0 Å². The Morgan fingerprint density at radius 2 is 1.67 bits per heavy atom. The number of halogens is 1. The van der Waals surface area contributed by atoms with Crippen LogP contribution in [-0.4, -0.2) is 40.9 Å². The molecular weight excluding hydrogens is 658 g/mol. The first-order chi connectivity index (χ1) is 20.4. The van der Waals surface area contributed by atoms with Crippen molar-refractivity contribution in [2.75, 3.05) is 29.5 Å². The third kappa shape index (κ3) is 10.5. The minimum Gasteiger partial charge on any atom is -0.744 e. The molecule has 0 bridgehead atoms. The Kier molecular flexibility index (Phi) is 12.8. The van der Waals surface area contributed by atoms with Gasteiger partial charge in [0.25, 0.3) is 5.52 Å². The van der Waals surface area contributed by atoms with Gasteiger partial charge in [0.1, 0.15) is 22.4 Å². The van der Waals surface area contributed by atoms with Gasteiger partial charge in [0.05, 0.1) is 16.3 Å². The number of hydrogen-bond donors (Lipinski definition) is 2. The molecule has 3 aromatic carbocycles. The van der Waals surface area contributed by atoms with Crippen LogP contribution in [0.15, 0.2) is 93.2 Å². The van der Waals surface area contributed by atoms with E-state index in [9.17, 15) is 21.4 Å². The van der Waals surface area contributed by atoms with E-state index in [2.05, 4.69) is 39.5 Å². The maximum atomic E-state index is 12.5. The molecular formula is C30H36BrN3O7S2. The fourth-order valence-electron chi connectivity index (χ4n) is 4.12. The minimum atomic E-state index is -4.33. The number of ether oxygens (including phenoxy) is 1. The highest BCUT2D eigenvalue weighted by Crippen LogP contribution is 2.24. The third-order valence-electron chi connectivity index (χ3n) is 6.19. The molecule has 4 rings (SSSR count). The lowest BCUT2D eigenvalue weighted by atomic mass is 10.2. The van der Waals surface area contributed by atoms with Crippen molar-refractivity contribution in [1.82, 2.24) is 0 Å². The number of para-hydroxylation sites is 1. The second kappa shape index (κ2) is 16.0. The lowest BCUT2D eigenvalue weighted by molar-refractivity contribution is -0.680. The molecule has 0 unspecified atom stereocenters. The Morgan fingerprint density at radius 3 is 2.30 bits per heavy atom. The number of hydrogen-bond acceptors (Lipinski definition) is 8. The number of fused-ring (bicyclic) bond motifs is 1. The van der Waals surface area contributed by atoms with E-state index >= 15 is 0 Å². The lowest BCUT2D eigenvalue weighted by Crippen LogP contribution is -2.39. The van der Waals surface area contributed by atoms with Crippen LogP contribution in [0, 0.1) is 0 Å². The molecule has 0 saturated heterocycles. The first-order valence-corrected chi connectivity index (χ1v) is 17.5. The summed E-state index contributed by atoms with van der Waals surface area (Å²) in [5.41, 5.74) is 3.40. The first kappa shape index (κ1) is 34.3. The molecule has 0 atom stereocenters.